The lowest BCUT2D eigenvalue weighted by Gasteiger charge is -2.38. The minimum Gasteiger partial charge on any atom is -0.491 e. The van der Waals surface area contributed by atoms with E-state index in [0.717, 1.165) is 6.07 Å². The minimum atomic E-state index is -4.85. The third-order valence-electron chi connectivity index (χ3n) is 3.98. The highest BCUT2D eigenvalue weighted by Gasteiger charge is 2.43. The molecule has 1 atom stereocenters. The number of halogens is 4. The zero-order valence-electron chi connectivity index (χ0n) is 12.2. The monoisotopic (exact) mass is 340 g/mol. The Morgan fingerprint density at radius 3 is 2.79 bits per heavy atom. The molecule has 126 valence electrons. The quantitative estimate of drug-likeness (QED) is 0.690. The summed E-state index contributed by atoms with van der Waals surface area (Å²) in [6.07, 6.45) is -2.84. The summed E-state index contributed by atoms with van der Waals surface area (Å²) in [6, 6.07) is 5.88. The van der Waals surface area contributed by atoms with Crippen molar-refractivity contribution in [2.75, 3.05) is 6.61 Å². The van der Waals surface area contributed by atoms with Crippen LogP contribution < -0.4 is 10.1 Å². The maximum Gasteiger partial charge on any atom is 0.419 e. The van der Waals surface area contributed by atoms with Gasteiger partial charge in [-0.3, -0.25) is 9.78 Å². The third kappa shape index (κ3) is 2.57. The molecule has 0 saturated heterocycles. The number of carbonyl (C=O) groups excluding carboxylic acids is 1. The first-order valence-corrected chi connectivity index (χ1v) is 7.05. The summed E-state index contributed by atoms with van der Waals surface area (Å²) in [7, 11) is 0. The summed E-state index contributed by atoms with van der Waals surface area (Å²) >= 11 is 0. The van der Waals surface area contributed by atoms with Gasteiger partial charge in [-0.25, -0.2) is 4.39 Å². The third-order valence-corrected chi connectivity index (χ3v) is 3.98. The molecule has 0 saturated carbocycles. The zero-order chi connectivity index (χ0) is 17.4. The van der Waals surface area contributed by atoms with Crippen LogP contribution in [-0.4, -0.2) is 18.0 Å². The van der Waals surface area contributed by atoms with Crippen molar-refractivity contribution in [3.63, 3.8) is 0 Å². The Bertz CT molecular complexity index is 779. The van der Waals surface area contributed by atoms with Crippen LogP contribution in [0.2, 0.25) is 0 Å². The Labute approximate surface area is 134 Å². The number of nitrogens with zero attached hydrogens (tertiary/aromatic N) is 1. The molecule has 1 aromatic carbocycles. The highest BCUT2D eigenvalue weighted by atomic mass is 19.4. The van der Waals surface area contributed by atoms with E-state index in [2.05, 4.69) is 10.3 Å². The molecule has 0 spiro atoms. The molecule has 8 heteroatoms. The summed E-state index contributed by atoms with van der Waals surface area (Å²) in [5.41, 5.74) is -2.34. The lowest BCUT2D eigenvalue weighted by molar-refractivity contribution is -0.140. The molecular formula is C16H12F4N2O2. The van der Waals surface area contributed by atoms with Gasteiger partial charge in [-0.1, -0.05) is 6.07 Å². The van der Waals surface area contributed by atoms with Crippen molar-refractivity contribution in [2.45, 2.75) is 18.1 Å². The molecule has 24 heavy (non-hydrogen) atoms. The smallest absolute Gasteiger partial charge is 0.419 e. The van der Waals surface area contributed by atoms with Gasteiger partial charge in [0.15, 0.2) is 0 Å². The molecule has 4 nitrogen and oxygen atoms in total. The molecule has 0 fully saturated rings. The fraction of sp³-hybridized carbons (Fsp3) is 0.250. The second-order valence-electron chi connectivity index (χ2n) is 5.31. The number of hydrogen-bond donors (Lipinski definition) is 1. The van der Waals surface area contributed by atoms with E-state index in [1.165, 1.54) is 12.3 Å². The van der Waals surface area contributed by atoms with Gasteiger partial charge in [-0.15, -0.1) is 0 Å². The molecule has 0 radical (unpaired) electrons. The number of amides is 1. The first-order chi connectivity index (χ1) is 11.4. The first-order valence-electron chi connectivity index (χ1n) is 7.05. The van der Waals surface area contributed by atoms with Gasteiger partial charge in [0.05, 0.1) is 12.2 Å². The van der Waals surface area contributed by atoms with E-state index >= 15 is 0 Å². The predicted octanol–water partition coefficient (Wildman–Crippen LogP) is 3.01. The van der Waals surface area contributed by atoms with Crippen LogP contribution in [-0.2, 0) is 16.5 Å². The van der Waals surface area contributed by atoms with E-state index in [4.69, 9.17) is 4.74 Å². The van der Waals surface area contributed by atoms with Crippen molar-refractivity contribution in [3.8, 4) is 5.75 Å². The average molecular weight is 340 g/mol. The fourth-order valence-corrected chi connectivity index (χ4v) is 2.87. The molecule has 1 amide bonds. The van der Waals surface area contributed by atoms with Crippen molar-refractivity contribution in [3.05, 3.63) is 59.2 Å². The van der Waals surface area contributed by atoms with Crippen LogP contribution in [0.4, 0.5) is 17.6 Å². The van der Waals surface area contributed by atoms with E-state index < -0.39 is 23.1 Å². The SMILES string of the molecule is O=CNC1(c2ccc(F)c(C(F)(F)F)c2)CCOc2cccnc21. The summed E-state index contributed by atoms with van der Waals surface area (Å²) in [5, 5.41) is 2.56. The summed E-state index contributed by atoms with van der Waals surface area (Å²) < 4.78 is 58.1. The normalized spacial score (nSPS) is 20.0. The first kappa shape index (κ1) is 16.2. The van der Waals surface area contributed by atoms with Crippen molar-refractivity contribution >= 4 is 6.41 Å². The predicted molar refractivity (Wildman–Crippen MR) is 75.7 cm³/mol. The zero-order valence-corrected chi connectivity index (χ0v) is 12.2. The minimum absolute atomic E-state index is 0.0894. The maximum absolute atomic E-state index is 13.6. The van der Waals surface area contributed by atoms with E-state index in [1.807, 2.05) is 0 Å². The summed E-state index contributed by atoms with van der Waals surface area (Å²) in [4.78, 5) is 15.3. The Morgan fingerprint density at radius 1 is 1.29 bits per heavy atom. The van der Waals surface area contributed by atoms with Crippen LogP contribution in [0.15, 0.2) is 36.5 Å². The van der Waals surface area contributed by atoms with Crippen LogP contribution >= 0.6 is 0 Å². The molecule has 1 aliphatic heterocycles. The van der Waals surface area contributed by atoms with E-state index in [-0.39, 0.29) is 24.3 Å². The van der Waals surface area contributed by atoms with Crippen LogP contribution in [0, 0.1) is 5.82 Å². The molecule has 2 aromatic rings. The van der Waals surface area contributed by atoms with Crippen molar-refractivity contribution in [2.24, 2.45) is 0 Å². The molecule has 3 rings (SSSR count). The second kappa shape index (κ2) is 5.77. The number of pyridine rings is 1. The van der Waals surface area contributed by atoms with Gasteiger partial charge < -0.3 is 10.1 Å². The number of carbonyl (C=O) groups is 1. The molecule has 2 heterocycles. The Kier molecular flexibility index (Phi) is 3.90. The Morgan fingerprint density at radius 2 is 2.08 bits per heavy atom. The number of nitrogens with one attached hydrogen (secondary N) is 1. The number of fused-ring (bicyclic) bond motifs is 1. The largest absolute Gasteiger partial charge is 0.491 e. The number of hydrogen-bond acceptors (Lipinski definition) is 3. The molecule has 1 unspecified atom stereocenters. The lowest BCUT2D eigenvalue weighted by atomic mass is 9.81. The van der Waals surface area contributed by atoms with Crippen LogP contribution in [0.25, 0.3) is 0 Å². The van der Waals surface area contributed by atoms with Crippen LogP contribution in [0.1, 0.15) is 23.2 Å². The highest BCUT2D eigenvalue weighted by Crippen LogP contribution is 2.42. The number of ether oxygens (including phenoxy) is 1. The number of aromatic nitrogens is 1. The van der Waals surface area contributed by atoms with Gasteiger partial charge in [-0.05, 0) is 29.8 Å². The van der Waals surface area contributed by atoms with Gasteiger partial charge in [0.1, 0.15) is 22.8 Å². The molecule has 1 N–H and O–H groups in total. The fourth-order valence-electron chi connectivity index (χ4n) is 2.87. The van der Waals surface area contributed by atoms with Crippen LogP contribution in [0.5, 0.6) is 5.75 Å². The number of benzene rings is 1. The summed E-state index contributed by atoms with van der Waals surface area (Å²) in [6.45, 7) is 0.165. The van der Waals surface area contributed by atoms with Gasteiger partial charge in [-0.2, -0.15) is 13.2 Å². The van der Waals surface area contributed by atoms with Gasteiger partial charge >= 0.3 is 6.18 Å². The topological polar surface area (TPSA) is 51.2 Å². The average Bonchev–Trinajstić information content (AvgIpc) is 2.54. The van der Waals surface area contributed by atoms with E-state index in [0.29, 0.717) is 18.2 Å². The highest BCUT2D eigenvalue weighted by molar-refractivity contribution is 5.56. The van der Waals surface area contributed by atoms with Gasteiger partial charge in [0.25, 0.3) is 0 Å². The second-order valence-corrected chi connectivity index (χ2v) is 5.31. The summed E-state index contributed by atoms with van der Waals surface area (Å²) in [5.74, 6) is -1.02. The molecule has 1 aliphatic rings. The molecule has 0 bridgehead atoms. The molecule has 1 aromatic heterocycles. The van der Waals surface area contributed by atoms with Crippen LogP contribution in [0.3, 0.4) is 0 Å². The van der Waals surface area contributed by atoms with E-state index in [9.17, 15) is 22.4 Å². The van der Waals surface area contributed by atoms with Crippen molar-refractivity contribution in [1.29, 1.82) is 0 Å². The van der Waals surface area contributed by atoms with Gasteiger partial charge in [0.2, 0.25) is 6.41 Å². The van der Waals surface area contributed by atoms with Crippen molar-refractivity contribution < 1.29 is 27.1 Å². The maximum atomic E-state index is 13.6. The number of rotatable bonds is 3. The Balaban J connectivity index is 2.23. The molecular weight excluding hydrogens is 328 g/mol. The standard InChI is InChI=1S/C16H12F4N2O2/c17-12-4-3-10(8-11(12)16(18,19)20)15(22-9-23)5-7-24-13-2-1-6-21-14(13)15/h1-4,6,8-9H,5,7H2,(H,22,23). The number of alkyl halides is 3. The van der Waals surface area contributed by atoms with E-state index in [1.54, 1.807) is 12.1 Å². The Hall–Kier alpha value is -2.64. The lowest BCUT2D eigenvalue weighted by Crippen LogP contribution is -2.47. The van der Waals surface area contributed by atoms with Crippen molar-refractivity contribution in [1.82, 2.24) is 10.3 Å². The van der Waals surface area contributed by atoms with Gasteiger partial charge in [0, 0.05) is 12.6 Å². The molecule has 0 aliphatic carbocycles.